The minimum Gasteiger partial charge on any atom is -0.313 e. The average Bonchev–Trinajstić information content (AvgIpc) is 3.37. The zero-order valence-electron chi connectivity index (χ0n) is 15.2. The van der Waals surface area contributed by atoms with E-state index in [4.69, 9.17) is 0 Å². The maximum absolute atomic E-state index is 15.0. The highest BCUT2D eigenvalue weighted by atomic mass is 31.2. The molecule has 0 N–H and O–H groups in total. The Morgan fingerprint density at radius 2 is 1.11 bits per heavy atom. The molecule has 3 aromatic rings. The summed E-state index contributed by atoms with van der Waals surface area (Å²) in [5.74, 6) is 1.18. The van der Waals surface area contributed by atoms with Crippen LogP contribution >= 0.6 is 7.14 Å². The van der Waals surface area contributed by atoms with Crippen molar-refractivity contribution in [2.24, 2.45) is 11.8 Å². The Morgan fingerprint density at radius 3 is 1.67 bits per heavy atom. The van der Waals surface area contributed by atoms with E-state index >= 15 is 0 Å². The molecule has 134 valence electrons. The first-order chi connectivity index (χ1) is 13.3. The van der Waals surface area contributed by atoms with Crippen LogP contribution in [0.5, 0.6) is 0 Å². The third-order valence-electron chi connectivity index (χ3n) is 6.30. The second-order valence-corrected chi connectivity index (χ2v) is 10.6. The van der Waals surface area contributed by atoms with Gasteiger partial charge in [-0.3, -0.25) is 0 Å². The Labute approximate surface area is 161 Å². The van der Waals surface area contributed by atoms with Gasteiger partial charge >= 0.3 is 0 Å². The topological polar surface area (TPSA) is 17.1 Å². The van der Waals surface area contributed by atoms with E-state index in [0.717, 1.165) is 17.0 Å². The minimum absolute atomic E-state index is 0.125. The summed E-state index contributed by atoms with van der Waals surface area (Å²) in [5, 5.41) is 1.98. The molecule has 5 rings (SSSR count). The molecular weight excluding hydrogens is 347 g/mol. The molecule has 0 heterocycles. The second-order valence-electron chi connectivity index (χ2n) is 7.70. The van der Waals surface area contributed by atoms with Gasteiger partial charge in [-0.25, -0.2) is 0 Å². The van der Waals surface area contributed by atoms with Crippen molar-refractivity contribution in [3.8, 4) is 0 Å². The quantitative estimate of drug-likeness (QED) is 0.446. The third kappa shape index (κ3) is 2.65. The van der Waals surface area contributed by atoms with Crippen LogP contribution in [0.25, 0.3) is 0 Å². The molecule has 0 unspecified atom stereocenters. The summed E-state index contributed by atoms with van der Waals surface area (Å²) in [7, 11) is -2.79. The van der Waals surface area contributed by atoms with Crippen molar-refractivity contribution in [1.82, 2.24) is 0 Å². The molecule has 27 heavy (non-hydrogen) atoms. The van der Waals surface area contributed by atoms with Crippen molar-refractivity contribution >= 4 is 17.8 Å². The zero-order chi connectivity index (χ0) is 18.3. The predicted molar refractivity (Wildman–Crippen MR) is 113 cm³/mol. The van der Waals surface area contributed by atoms with Gasteiger partial charge < -0.3 is 4.57 Å². The SMILES string of the molecule is O=P(c1ccccc1)(c1ccccc1)[C@H]1[C@H](c2ccccc2)[C@@H]2C=C[C@H]1C2. The zero-order valence-corrected chi connectivity index (χ0v) is 16.1. The Balaban J connectivity index is 1.72. The summed E-state index contributed by atoms with van der Waals surface area (Å²) in [6, 6.07) is 31.1. The average molecular weight is 370 g/mol. The fourth-order valence-corrected chi connectivity index (χ4v) is 9.03. The van der Waals surface area contributed by atoms with Crippen molar-refractivity contribution in [3.63, 3.8) is 0 Å². The molecule has 1 saturated carbocycles. The second kappa shape index (κ2) is 6.66. The van der Waals surface area contributed by atoms with E-state index in [-0.39, 0.29) is 5.66 Å². The van der Waals surface area contributed by atoms with Gasteiger partial charge in [0, 0.05) is 22.2 Å². The third-order valence-corrected chi connectivity index (χ3v) is 9.98. The van der Waals surface area contributed by atoms with Gasteiger partial charge in [0.2, 0.25) is 0 Å². The number of hydrogen-bond donors (Lipinski definition) is 0. The van der Waals surface area contributed by atoms with Gasteiger partial charge in [-0.2, -0.15) is 0 Å². The van der Waals surface area contributed by atoms with Crippen LogP contribution in [0, 0.1) is 11.8 Å². The fourth-order valence-electron chi connectivity index (χ4n) is 5.20. The standard InChI is InChI=1S/C25H23OP/c26-27(22-12-6-2-7-13-22,23-14-8-3-9-15-23)25-21-17-16-20(18-21)24(25)19-10-4-1-5-11-19/h1-17,20-21,24-25H,18H2/t20-,21+,24-,25-/m1/s1. The molecule has 2 bridgehead atoms. The molecular formula is C25H23OP. The molecule has 4 atom stereocenters. The van der Waals surface area contributed by atoms with Crippen LogP contribution in [0.1, 0.15) is 17.9 Å². The fraction of sp³-hybridized carbons (Fsp3) is 0.200. The molecule has 2 aliphatic carbocycles. The van der Waals surface area contributed by atoms with Crippen LogP contribution in [0.15, 0.2) is 103 Å². The summed E-state index contributed by atoms with van der Waals surface area (Å²) in [4.78, 5) is 0. The van der Waals surface area contributed by atoms with Crippen LogP contribution in [0.4, 0.5) is 0 Å². The molecule has 3 aromatic carbocycles. The van der Waals surface area contributed by atoms with Crippen molar-refractivity contribution in [1.29, 1.82) is 0 Å². The first-order valence-electron chi connectivity index (χ1n) is 9.73. The first kappa shape index (κ1) is 16.8. The minimum atomic E-state index is -2.79. The van der Waals surface area contributed by atoms with E-state index < -0.39 is 7.14 Å². The molecule has 0 aromatic heterocycles. The Morgan fingerprint density at radius 1 is 0.630 bits per heavy atom. The molecule has 1 nitrogen and oxygen atoms in total. The summed E-state index contributed by atoms with van der Waals surface area (Å²) in [6.07, 6.45) is 5.81. The smallest absolute Gasteiger partial charge is 0.147 e. The van der Waals surface area contributed by atoms with Crippen molar-refractivity contribution in [3.05, 3.63) is 109 Å². The number of allylic oxidation sites excluding steroid dienone is 2. The number of rotatable bonds is 4. The maximum atomic E-state index is 15.0. The molecule has 0 saturated heterocycles. The Kier molecular flexibility index (Phi) is 4.14. The molecule has 2 aliphatic rings. The van der Waals surface area contributed by atoms with Crippen LogP contribution in [-0.2, 0) is 4.57 Å². The van der Waals surface area contributed by atoms with Gasteiger partial charge in [-0.05, 0) is 23.8 Å². The molecule has 1 fully saturated rings. The van der Waals surface area contributed by atoms with Gasteiger partial charge in [0.05, 0.1) is 0 Å². The van der Waals surface area contributed by atoms with Crippen LogP contribution in [-0.4, -0.2) is 5.66 Å². The lowest BCUT2D eigenvalue weighted by molar-refractivity contribution is 0.541. The number of benzene rings is 3. The predicted octanol–water partition coefficient (Wildman–Crippen LogP) is 5.36. The maximum Gasteiger partial charge on any atom is 0.147 e. The highest BCUT2D eigenvalue weighted by Gasteiger charge is 2.54. The first-order valence-corrected chi connectivity index (χ1v) is 11.5. The van der Waals surface area contributed by atoms with Crippen molar-refractivity contribution in [2.45, 2.75) is 18.0 Å². The summed E-state index contributed by atoms with van der Waals surface area (Å²) < 4.78 is 15.0. The lowest BCUT2D eigenvalue weighted by atomic mass is 9.86. The summed E-state index contributed by atoms with van der Waals surface area (Å²) in [6.45, 7) is 0. The molecule has 0 amide bonds. The molecule has 0 aliphatic heterocycles. The van der Waals surface area contributed by atoms with Crippen LogP contribution in [0.2, 0.25) is 0 Å². The largest absolute Gasteiger partial charge is 0.313 e. The Hall–Kier alpha value is -2.37. The lowest BCUT2D eigenvalue weighted by Crippen LogP contribution is -2.33. The molecule has 2 heteroatoms. The number of hydrogen-bond acceptors (Lipinski definition) is 1. The molecule has 0 radical (unpaired) electrons. The van der Waals surface area contributed by atoms with Crippen molar-refractivity contribution < 1.29 is 4.57 Å². The van der Waals surface area contributed by atoms with E-state index in [0.29, 0.717) is 17.8 Å². The monoisotopic (exact) mass is 370 g/mol. The number of fused-ring (bicyclic) bond motifs is 2. The van der Waals surface area contributed by atoms with E-state index in [2.05, 4.69) is 66.7 Å². The van der Waals surface area contributed by atoms with E-state index in [1.54, 1.807) is 0 Å². The summed E-state index contributed by atoms with van der Waals surface area (Å²) >= 11 is 0. The van der Waals surface area contributed by atoms with E-state index in [9.17, 15) is 4.57 Å². The van der Waals surface area contributed by atoms with Gasteiger partial charge in [0.25, 0.3) is 0 Å². The summed E-state index contributed by atoms with van der Waals surface area (Å²) in [5.41, 5.74) is 1.45. The van der Waals surface area contributed by atoms with Crippen LogP contribution < -0.4 is 10.6 Å². The van der Waals surface area contributed by atoms with Gasteiger partial charge in [-0.1, -0.05) is 103 Å². The lowest BCUT2D eigenvalue weighted by Gasteiger charge is -2.36. The highest BCUT2D eigenvalue weighted by Crippen LogP contribution is 2.65. The highest BCUT2D eigenvalue weighted by molar-refractivity contribution is 7.79. The normalized spacial score (nSPS) is 26.4. The Bertz CT molecular complexity index is 951. The van der Waals surface area contributed by atoms with E-state index in [1.807, 2.05) is 36.4 Å². The van der Waals surface area contributed by atoms with Gasteiger partial charge in [0.15, 0.2) is 0 Å². The van der Waals surface area contributed by atoms with E-state index in [1.165, 1.54) is 5.56 Å². The van der Waals surface area contributed by atoms with Gasteiger partial charge in [0.1, 0.15) is 7.14 Å². The van der Waals surface area contributed by atoms with Gasteiger partial charge in [-0.15, -0.1) is 0 Å². The van der Waals surface area contributed by atoms with Crippen molar-refractivity contribution in [2.75, 3.05) is 0 Å². The molecule has 0 spiro atoms. The van der Waals surface area contributed by atoms with Crippen LogP contribution in [0.3, 0.4) is 0 Å².